The minimum Gasteiger partial charge on any atom is -0.0741 e. The number of rotatable bonds is 3. The van der Waals surface area contributed by atoms with Gasteiger partial charge in [0.05, 0.1) is 0 Å². The van der Waals surface area contributed by atoms with E-state index in [1.54, 1.807) is 9.81 Å². The summed E-state index contributed by atoms with van der Waals surface area (Å²) >= 11 is 0. The molecule has 0 saturated carbocycles. The number of hydrogen-bond donors (Lipinski definition) is 0. The highest BCUT2D eigenvalue weighted by Crippen LogP contribution is 2.43. The van der Waals surface area contributed by atoms with Crippen LogP contribution in [0.5, 0.6) is 0 Å². The Balaban J connectivity index is 1.75. The molecule has 0 atom stereocenters. The molecule has 0 amide bonds. The van der Waals surface area contributed by atoms with Crippen LogP contribution >= 0.6 is 21.6 Å². The van der Waals surface area contributed by atoms with E-state index in [0.29, 0.717) is 0 Å². The smallest absolute Gasteiger partial charge is 0.00785 e. The fourth-order valence-electron chi connectivity index (χ4n) is 1.88. The van der Waals surface area contributed by atoms with Gasteiger partial charge in [-0.25, -0.2) is 0 Å². The maximum atomic E-state index is 2.44. The van der Waals surface area contributed by atoms with E-state index in [1.165, 1.54) is 51.4 Å². The molecule has 0 saturated heterocycles. The lowest BCUT2D eigenvalue weighted by molar-refractivity contribution is 0.723. The van der Waals surface area contributed by atoms with Crippen LogP contribution in [-0.4, -0.2) is 0 Å². The molecule has 2 rings (SSSR count). The van der Waals surface area contributed by atoms with Gasteiger partial charge in [-0.15, -0.1) is 0 Å². The van der Waals surface area contributed by atoms with Crippen molar-refractivity contribution in [2.24, 2.45) is 0 Å². The van der Waals surface area contributed by atoms with Gasteiger partial charge in [0.2, 0.25) is 0 Å². The van der Waals surface area contributed by atoms with Crippen molar-refractivity contribution in [2.45, 2.75) is 51.4 Å². The minimum atomic E-state index is 1.31. The molecule has 2 aliphatic rings. The molecule has 0 aromatic rings. The average Bonchev–Trinajstić information content (AvgIpc) is 2.29. The second-order valence-electron chi connectivity index (χ2n) is 4.00. The van der Waals surface area contributed by atoms with Crippen molar-refractivity contribution in [2.75, 3.05) is 0 Å². The van der Waals surface area contributed by atoms with Crippen molar-refractivity contribution in [3.63, 3.8) is 0 Å². The lowest BCUT2D eigenvalue weighted by Gasteiger charge is -2.14. The quantitative estimate of drug-likeness (QED) is 0.600. The normalized spacial score (nSPS) is 22.9. The molecule has 0 heterocycles. The summed E-state index contributed by atoms with van der Waals surface area (Å²) in [6.07, 6.45) is 15.7. The molecule has 0 spiro atoms. The van der Waals surface area contributed by atoms with Crippen LogP contribution in [0.15, 0.2) is 22.0 Å². The zero-order valence-corrected chi connectivity index (χ0v) is 10.3. The van der Waals surface area contributed by atoms with Crippen LogP contribution in [0.25, 0.3) is 0 Å². The molecule has 14 heavy (non-hydrogen) atoms. The fraction of sp³-hybridized carbons (Fsp3) is 0.667. The highest BCUT2D eigenvalue weighted by Gasteiger charge is 2.08. The number of hydrogen-bond acceptors (Lipinski definition) is 2. The van der Waals surface area contributed by atoms with Crippen molar-refractivity contribution in [3.8, 4) is 0 Å². The zero-order valence-electron chi connectivity index (χ0n) is 8.63. The first kappa shape index (κ1) is 10.7. The maximum absolute atomic E-state index is 2.44. The van der Waals surface area contributed by atoms with E-state index in [2.05, 4.69) is 12.2 Å². The van der Waals surface area contributed by atoms with Gasteiger partial charge in [-0.3, -0.25) is 0 Å². The molecule has 0 aromatic carbocycles. The predicted octanol–water partition coefficient (Wildman–Crippen LogP) is 5.28. The van der Waals surface area contributed by atoms with Gasteiger partial charge >= 0.3 is 0 Å². The Labute approximate surface area is 95.0 Å². The van der Waals surface area contributed by atoms with Gasteiger partial charge in [0.15, 0.2) is 0 Å². The van der Waals surface area contributed by atoms with Crippen LogP contribution in [-0.2, 0) is 0 Å². The van der Waals surface area contributed by atoms with E-state index >= 15 is 0 Å². The molecule has 0 aromatic heterocycles. The monoisotopic (exact) mass is 226 g/mol. The third-order valence-corrected chi connectivity index (χ3v) is 5.54. The summed E-state index contributed by atoms with van der Waals surface area (Å²) < 4.78 is 0. The summed E-state index contributed by atoms with van der Waals surface area (Å²) in [5.74, 6) is 0. The highest BCUT2D eigenvalue weighted by molar-refractivity contribution is 8.79. The molecule has 2 heteroatoms. The van der Waals surface area contributed by atoms with Gasteiger partial charge in [0, 0.05) is 0 Å². The molecule has 2 aliphatic carbocycles. The molecule has 0 nitrogen and oxygen atoms in total. The van der Waals surface area contributed by atoms with E-state index in [4.69, 9.17) is 0 Å². The van der Waals surface area contributed by atoms with Crippen LogP contribution < -0.4 is 0 Å². The Bertz CT molecular complexity index is 215. The number of allylic oxidation sites excluding steroid dienone is 4. The summed E-state index contributed by atoms with van der Waals surface area (Å²) in [7, 11) is 4.03. The summed E-state index contributed by atoms with van der Waals surface area (Å²) in [6, 6.07) is 0. The van der Waals surface area contributed by atoms with Gasteiger partial charge in [-0.05, 0) is 61.2 Å². The average molecular weight is 226 g/mol. The van der Waals surface area contributed by atoms with Gasteiger partial charge in [0.1, 0.15) is 0 Å². The lowest BCUT2D eigenvalue weighted by Crippen LogP contribution is -1.88. The second-order valence-corrected chi connectivity index (χ2v) is 6.38. The van der Waals surface area contributed by atoms with E-state index in [-0.39, 0.29) is 0 Å². The minimum absolute atomic E-state index is 1.31. The topological polar surface area (TPSA) is 0 Å². The van der Waals surface area contributed by atoms with Gasteiger partial charge in [0.25, 0.3) is 0 Å². The van der Waals surface area contributed by atoms with Crippen LogP contribution in [0.3, 0.4) is 0 Å². The zero-order chi connectivity index (χ0) is 9.64. The van der Waals surface area contributed by atoms with Gasteiger partial charge < -0.3 is 0 Å². The molecule has 0 radical (unpaired) electrons. The standard InChI is InChI=1S/C12H18S2/c1-3-7-11(8-4-1)13-14-12-9-5-2-6-10-12/h7,9H,1-6,8,10H2. The fourth-order valence-corrected chi connectivity index (χ4v) is 4.47. The lowest BCUT2D eigenvalue weighted by atomic mass is 10.1. The molecule has 0 bridgehead atoms. The van der Waals surface area contributed by atoms with Gasteiger partial charge in [-0.1, -0.05) is 33.7 Å². The first-order valence-electron chi connectivity index (χ1n) is 5.68. The summed E-state index contributed by atoms with van der Waals surface area (Å²) in [6.45, 7) is 0. The third-order valence-electron chi connectivity index (χ3n) is 2.75. The maximum Gasteiger partial charge on any atom is -0.00785 e. The van der Waals surface area contributed by atoms with E-state index in [0.717, 1.165) is 0 Å². The first-order valence-corrected chi connectivity index (χ1v) is 7.83. The largest absolute Gasteiger partial charge is 0.0741 e. The molecule has 0 N–H and O–H groups in total. The molecule has 0 fully saturated rings. The third kappa shape index (κ3) is 3.39. The molecular weight excluding hydrogens is 208 g/mol. The van der Waals surface area contributed by atoms with Crippen LogP contribution in [0.1, 0.15) is 51.4 Å². The van der Waals surface area contributed by atoms with Crippen molar-refractivity contribution >= 4 is 21.6 Å². The molecular formula is C12H18S2. The predicted molar refractivity (Wildman–Crippen MR) is 68.3 cm³/mol. The SMILES string of the molecule is C1=C(SSC2=CCCCC2)CCCC1. The van der Waals surface area contributed by atoms with Crippen molar-refractivity contribution < 1.29 is 0 Å². The van der Waals surface area contributed by atoms with E-state index in [9.17, 15) is 0 Å². The van der Waals surface area contributed by atoms with Gasteiger partial charge in [-0.2, -0.15) is 0 Å². The highest BCUT2D eigenvalue weighted by atomic mass is 33.1. The molecule has 0 unspecified atom stereocenters. The van der Waals surface area contributed by atoms with Crippen molar-refractivity contribution in [1.82, 2.24) is 0 Å². The van der Waals surface area contributed by atoms with Crippen LogP contribution in [0, 0.1) is 0 Å². The Morgan fingerprint density at radius 2 is 1.21 bits per heavy atom. The van der Waals surface area contributed by atoms with Crippen LogP contribution in [0.4, 0.5) is 0 Å². The summed E-state index contributed by atoms with van der Waals surface area (Å²) in [4.78, 5) is 3.24. The second kappa shape index (κ2) is 5.92. The van der Waals surface area contributed by atoms with E-state index in [1.807, 2.05) is 21.6 Å². The van der Waals surface area contributed by atoms with Crippen molar-refractivity contribution in [3.05, 3.63) is 22.0 Å². The Hall–Kier alpha value is 0.180. The Kier molecular flexibility index (Phi) is 4.52. The Morgan fingerprint density at radius 3 is 1.57 bits per heavy atom. The molecule has 78 valence electrons. The Morgan fingerprint density at radius 1 is 0.714 bits per heavy atom. The molecule has 0 aliphatic heterocycles. The van der Waals surface area contributed by atoms with Crippen molar-refractivity contribution in [1.29, 1.82) is 0 Å². The van der Waals surface area contributed by atoms with Crippen LogP contribution in [0.2, 0.25) is 0 Å². The summed E-state index contributed by atoms with van der Waals surface area (Å²) in [5.41, 5.74) is 0. The first-order chi connectivity index (χ1) is 6.95. The summed E-state index contributed by atoms with van der Waals surface area (Å²) in [5, 5.41) is 0. The van der Waals surface area contributed by atoms with E-state index < -0.39 is 0 Å².